The third kappa shape index (κ3) is 5.01. The van der Waals surface area contributed by atoms with E-state index in [1.165, 1.54) is 0 Å². The Morgan fingerprint density at radius 1 is 1.17 bits per heavy atom. The van der Waals surface area contributed by atoms with Crippen molar-refractivity contribution < 1.29 is 14.3 Å². The van der Waals surface area contributed by atoms with Crippen LogP contribution in [-0.4, -0.2) is 36.1 Å². The number of benzene rings is 1. The molecule has 3 aromatic rings. The maximum Gasteiger partial charge on any atom is 0.221 e. The minimum atomic E-state index is -0.250. The number of methoxy groups -OCH3 is 2. The van der Waals surface area contributed by atoms with Crippen LogP contribution in [0.4, 0.5) is 0 Å². The molecule has 1 N–H and O–H groups in total. The first kappa shape index (κ1) is 21.0. The van der Waals surface area contributed by atoms with Crippen molar-refractivity contribution in [2.45, 2.75) is 26.2 Å². The van der Waals surface area contributed by atoms with Crippen molar-refractivity contribution >= 4 is 23.2 Å². The number of amides is 1. The van der Waals surface area contributed by atoms with Crippen LogP contribution >= 0.6 is 11.6 Å². The highest BCUT2D eigenvalue weighted by molar-refractivity contribution is 6.30. The Hall–Kier alpha value is -2.73. The van der Waals surface area contributed by atoms with Crippen LogP contribution in [0.5, 0.6) is 11.5 Å². The van der Waals surface area contributed by atoms with Crippen molar-refractivity contribution in [1.29, 1.82) is 0 Å². The zero-order valence-corrected chi connectivity index (χ0v) is 17.9. The highest BCUT2D eigenvalue weighted by atomic mass is 35.5. The molecule has 29 heavy (non-hydrogen) atoms. The number of rotatable bonds is 8. The van der Waals surface area contributed by atoms with Crippen LogP contribution in [0.25, 0.3) is 5.65 Å². The number of nitrogens with one attached hydrogen (secondary N) is 1. The number of carbonyl (C=O) groups excluding carboxylic acids is 1. The molecule has 7 heteroatoms. The van der Waals surface area contributed by atoms with E-state index in [4.69, 9.17) is 21.1 Å². The van der Waals surface area contributed by atoms with Gasteiger partial charge in [-0.1, -0.05) is 25.4 Å². The van der Waals surface area contributed by atoms with Crippen molar-refractivity contribution in [3.8, 4) is 11.5 Å². The molecule has 154 valence electrons. The zero-order valence-electron chi connectivity index (χ0n) is 17.1. The number of carbonyl (C=O) groups is 1. The van der Waals surface area contributed by atoms with Gasteiger partial charge in [0.05, 0.1) is 24.9 Å². The predicted molar refractivity (Wildman–Crippen MR) is 114 cm³/mol. The van der Waals surface area contributed by atoms with Gasteiger partial charge in [-0.3, -0.25) is 4.79 Å². The van der Waals surface area contributed by atoms with Gasteiger partial charge >= 0.3 is 0 Å². The van der Waals surface area contributed by atoms with Gasteiger partial charge in [0.25, 0.3) is 0 Å². The summed E-state index contributed by atoms with van der Waals surface area (Å²) >= 11 is 6.22. The van der Waals surface area contributed by atoms with E-state index in [0.717, 1.165) is 16.9 Å². The average molecular weight is 416 g/mol. The second-order valence-electron chi connectivity index (χ2n) is 7.36. The van der Waals surface area contributed by atoms with Crippen LogP contribution in [0, 0.1) is 5.92 Å². The van der Waals surface area contributed by atoms with Gasteiger partial charge in [-0.2, -0.15) is 0 Å². The highest BCUT2D eigenvalue weighted by Crippen LogP contribution is 2.34. The summed E-state index contributed by atoms with van der Waals surface area (Å²) in [6.45, 7) is 4.76. The van der Waals surface area contributed by atoms with E-state index in [1.54, 1.807) is 26.5 Å². The fraction of sp³-hybridized carbons (Fsp3) is 0.364. The van der Waals surface area contributed by atoms with E-state index in [1.807, 2.05) is 34.9 Å². The topological polar surface area (TPSA) is 64.9 Å². The number of nitrogens with zero attached hydrogens (tertiary/aromatic N) is 2. The molecule has 0 bridgehead atoms. The zero-order chi connectivity index (χ0) is 21.0. The van der Waals surface area contributed by atoms with Crippen molar-refractivity contribution in [3.05, 3.63) is 59.0 Å². The highest BCUT2D eigenvalue weighted by Gasteiger charge is 2.23. The third-order valence-corrected chi connectivity index (χ3v) is 4.95. The molecule has 3 rings (SSSR count). The summed E-state index contributed by atoms with van der Waals surface area (Å²) in [6.07, 6.45) is 3.87. The van der Waals surface area contributed by atoms with E-state index in [0.29, 0.717) is 29.0 Å². The Morgan fingerprint density at radius 3 is 2.48 bits per heavy atom. The van der Waals surface area contributed by atoms with Crippen LogP contribution in [-0.2, 0) is 4.79 Å². The minimum absolute atomic E-state index is 0.0255. The lowest BCUT2D eigenvalue weighted by Crippen LogP contribution is -2.29. The summed E-state index contributed by atoms with van der Waals surface area (Å²) in [4.78, 5) is 17.2. The molecule has 1 atom stereocenters. The smallest absolute Gasteiger partial charge is 0.221 e. The Kier molecular flexibility index (Phi) is 6.64. The summed E-state index contributed by atoms with van der Waals surface area (Å²) in [6, 6.07) is 9.31. The number of aromatic nitrogens is 2. The number of hydrogen-bond donors (Lipinski definition) is 1. The second-order valence-corrected chi connectivity index (χ2v) is 7.80. The standard InChI is InChI=1S/C22H26ClN3O3/c1-14(2)11-25-22(27)10-19(15-7-17(28-3)9-18(8-15)29-4)20-12-24-21-6-5-16(23)13-26(20)21/h5-9,12-14,19H,10-11H2,1-4H3,(H,25,27). The minimum Gasteiger partial charge on any atom is -0.497 e. The third-order valence-electron chi connectivity index (χ3n) is 4.73. The SMILES string of the molecule is COc1cc(OC)cc(C(CC(=O)NCC(C)C)c2cnc3ccc(Cl)cn23)c1. The van der Waals surface area contributed by atoms with Crippen LogP contribution in [0.15, 0.2) is 42.7 Å². The Balaban J connectivity index is 2.06. The first-order chi connectivity index (χ1) is 13.9. The number of halogens is 1. The molecule has 2 heterocycles. The van der Waals surface area contributed by atoms with Crippen LogP contribution in [0.3, 0.4) is 0 Å². The first-order valence-electron chi connectivity index (χ1n) is 9.53. The lowest BCUT2D eigenvalue weighted by Gasteiger charge is -2.19. The molecular weight excluding hydrogens is 390 g/mol. The molecule has 2 aromatic heterocycles. The number of fused-ring (bicyclic) bond motifs is 1. The molecule has 1 aromatic carbocycles. The summed E-state index contributed by atoms with van der Waals surface area (Å²) in [5, 5.41) is 3.60. The van der Waals surface area contributed by atoms with Gasteiger partial charge in [0.2, 0.25) is 5.91 Å². The van der Waals surface area contributed by atoms with Crippen molar-refractivity contribution in [2.24, 2.45) is 5.92 Å². The lowest BCUT2D eigenvalue weighted by atomic mass is 9.91. The number of imidazole rings is 1. The van der Waals surface area contributed by atoms with E-state index in [9.17, 15) is 4.79 Å². The number of hydrogen-bond acceptors (Lipinski definition) is 4. The van der Waals surface area contributed by atoms with E-state index >= 15 is 0 Å². The lowest BCUT2D eigenvalue weighted by molar-refractivity contribution is -0.121. The average Bonchev–Trinajstić information content (AvgIpc) is 3.12. The molecule has 0 aliphatic carbocycles. The molecule has 0 aliphatic rings. The van der Waals surface area contributed by atoms with Crippen molar-refractivity contribution in [1.82, 2.24) is 14.7 Å². The summed E-state index contributed by atoms with van der Waals surface area (Å²) in [7, 11) is 3.22. The van der Waals surface area contributed by atoms with Gasteiger partial charge in [-0.15, -0.1) is 0 Å². The molecule has 6 nitrogen and oxygen atoms in total. The van der Waals surface area contributed by atoms with Crippen LogP contribution in [0.2, 0.25) is 5.02 Å². The summed E-state index contributed by atoms with van der Waals surface area (Å²) < 4.78 is 12.8. The number of pyridine rings is 1. The monoisotopic (exact) mass is 415 g/mol. The summed E-state index contributed by atoms with van der Waals surface area (Å²) in [5.74, 6) is 1.43. The van der Waals surface area contributed by atoms with Crippen LogP contribution < -0.4 is 14.8 Å². The molecule has 1 unspecified atom stereocenters. The molecule has 0 aliphatic heterocycles. The molecule has 1 amide bonds. The number of ether oxygens (including phenoxy) is 2. The largest absolute Gasteiger partial charge is 0.497 e. The Morgan fingerprint density at radius 2 is 1.86 bits per heavy atom. The molecular formula is C22H26ClN3O3. The Labute approximate surface area is 175 Å². The van der Waals surface area contributed by atoms with Gasteiger partial charge in [-0.25, -0.2) is 4.98 Å². The van der Waals surface area contributed by atoms with Crippen molar-refractivity contribution in [2.75, 3.05) is 20.8 Å². The molecule has 0 radical (unpaired) electrons. The normalized spacial score (nSPS) is 12.2. The van der Waals surface area contributed by atoms with Gasteiger partial charge in [0.1, 0.15) is 17.1 Å². The van der Waals surface area contributed by atoms with E-state index < -0.39 is 0 Å². The fourth-order valence-corrected chi connectivity index (χ4v) is 3.39. The van der Waals surface area contributed by atoms with Gasteiger partial charge in [0.15, 0.2) is 0 Å². The van der Waals surface area contributed by atoms with Crippen molar-refractivity contribution in [3.63, 3.8) is 0 Å². The first-order valence-corrected chi connectivity index (χ1v) is 9.91. The maximum atomic E-state index is 12.7. The van der Waals surface area contributed by atoms with E-state index in [2.05, 4.69) is 24.1 Å². The molecule has 0 saturated carbocycles. The summed E-state index contributed by atoms with van der Waals surface area (Å²) in [5.41, 5.74) is 2.55. The van der Waals surface area contributed by atoms with Gasteiger partial charge in [-0.05, 0) is 35.7 Å². The second kappa shape index (κ2) is 9.18. The van der Waals surface area contributed by atoms with Gasteiger partial charge < -0.3 is 19.2 Å². The van der Waals surface area contributed by atoms with Gasteiger partial charge in [0, 0.05) is 37.3 Å². The van der Waals surface area contributed by atoms with Crippen LogP contribution in [0.1, 0.15) is 37.4 Å². The maximum absolute atomic E-state index is 12.7. The Bertz CT molecular complexity index is 978. The molecule has 0 spiro atoms. The molecule has 0 fully saturated rings. The molecule has 0 saturated heterocycles. The quantitative estimate of drug-likeness (QED) is 0.595. The predicted octanol–water partition coefficient (Wildman–Crippen LogP) is 4.30. The fourth-order valence-electron chi connectivity index (χ4n) is 3.23. The van der Waals surface area contributed by atoms with E-state index in [-0.39, 0.29) is 18.2 Å².